The third-order valence-corrected chi connectivity index (χ3v) is 8.10. The summed E-state index contributed by atoms with van der Waals surface area (Å²) in [6.07, 6.45) is 1.66. The van der Waals surface area contributed by atoms with Crippen LogP contribution in [0.4, 0.5) is 4.39 Å². The van der Waals surface area contributed by atoms with Gasteiger partial charge >= 0.3 is 0 Å². The van der Waals surface area contributed by atoms with E-state index in [0.29, 0.717) is 28.8 Å². The molecule has 2 aromatic heterocycles. The first-order chi connectivity index (χ1) is 16.9. The molecule has 5 rings (SSSR count). The van der Waals surface area contributed by atoms with Crippen molar-refractivity contribution in [2.75, 3.05) is 26.2 Å². The maximum Gasteiger partial charge on any atom is 0.254 e. The maximum atomic E-state index is 13.6. The van der Waals surface area contributed by atoms with Crippen molar-refractivity contribution in [3.8, 4) is 11.3 Å². The number of aromatic nitrogens is 3. The Hall–Kier alpha value is -3.63. The molecule has 3 heterocycles. The fraction of sp³-hybridized carbons (Fsp3) is 0.240. The number of pyridine rings is 1. The minimum Gasteiger partial charge on any atom is -0.336 e. The molecule has 35 heavy (non-hydrogen) atoms. The molecular formula is C25H24FN5O3S. The lowest BCUT2D eigenvalue weighted by Crippen LogP contribution is -2.50. The van der Waals surface area contributed by atoms with Gasteiger partial charge in [-0.25, -0.2) is 22.5 Å². The van der Waals surface area contributed by atoms with Crippen LogP contribution in [-0.2, 0) is 16.6 Å². The molecule has 1 aliphatic heterocycles. The van der Waals surface area contributed by atoms with Crippen LogP contribution >= 0.6 is 0 Å². The van der Waals surface area contributed by atoms with Gasteiger partial charge in [-0.05, 0) is 37.3 Å². The molecular weight excluding hydrogens is 469 g/mol. The lowest BCUT2D eigenvalue weighted by atomic mass is 10.1. The summed E-state index contributed by atoms with van der Waals surface area (Å²) in [5.41, 5.74) is 2.69. The van der Waals surface area contributed by atoms with E-state index in [1.54, 1.807) is 21.8 Å². The molecule has 0 spiro atoms. The van der Waals surface area contributed by atoms with E-state index in [4.69, 9.17) is 4.98 Å². The van der Waals surface area contributed by atoms with Gasteiger partial charge in [0.05, 0.1) is 27.7 Å². The van der Waals surface area contributed by atoms with Crippen molar-refractivity contribution >= 4 is 27.0 Å². The summed E-state index contributed by atoms with van der Waals surface area (Å²) < 4.78 is 42.2. The van der Waals surface area contributed by atoms with Gasteiger partial charge < -0.3 is 4.90 Å². The molecule has 0 atom stereocenters. The van der Waals surface area contributed by atoms with Crippen molar-refractivity contribution in [2.45, 2.75) is 18.4 Å². The van der Waals surface area contributed by atoms with Gasteiger partial charge in [0.25, 0.3) is 5.91 Å². The van der Waals surface area contributed by atoms with Crippen LogP contribution in [-0.4, -0.2) is 64.5 Å². The monoisotopic (exact) mass is 493 g/mol. The number of benzene rings is 2. The SMILES string of the molecule is CCn1ncc2c(C(=O)N3CCN(S(=O)(=O)c4ccc(F)cc4)CC3)cc(-c3ccccc3)nc21. The number of carbonyl (C=O) groups is 1. The number of nitrogens with zero attached hydrogens (tertiary/aromatic N) is 5. The van der Waals surface area contributed by atoms with E-state index >= 15 is 0 Å². The molecule has 0 bridgehead atoms. The average molecular weight is 494 g/mol. The fourth-order valence-corrected chi connectivity index (χ4v) is 5.69. The van der Waals surface area contributed by atoms with Crippen molar-refractivity contribution in [3.63, 3.8) is 0 Å². The molecule has 0 unspecified atom stereocenters. The molecule has 1 saturated heterocycles. The van der Waals surface area contributed by atoms with Crippen LogP contribution in [0.25, 0.3) is 22.3 Å². The van der Waals surface area contributed by atoms with E-state index in [2.05, 4.69) is 5.10 Å². The Morgan fingerprint density at radius 1 is 1.00 bits per heavy atom. The molecule has 10 heteroatoms. The number of sulfonamides is 1. The molecule has 0 aliphatic carbocycles. The zero-order chi connectivity index (χ0) is 24.6. The molecule has 0 N–H and O–H groups in total. The molecule has 180 valence electrons. The number of halogens is 1. The number of fused-ring (bicyclic) bond motifs is 1. The van der Waals surface area contributed by atoms with E-state index in [9.17, 15) is 17.6 Å². The number of amides is 1. The smallest absolute Gasteiger partial charge is 0.254 e. The highest BCUT2D eigenvalue weighted by Gasteiger charge is 2.31. The summed E-state index contributed by atoms with van der Waals surface area (Å²) in [5, 5.41) is 5.05. The van der Waals surface area contributed by atoms with Crippen LogP contribution in [0.5, 0.6) is 0 Å². The highest BCUT2D eigenvalue weighted by molar-refractivity contribution is 7.89. The second-order valence-corrected chi connectivity index (χ2v) is 10.2. The lowest BCUT2D eigenvalue weighted by Gasteiger charge is -2.34. The van der Waals surface area contributed by atoms with Gasteiger partial charge in [0.1, 0.15) is 5.82 Å². The van der Waals surface area contributed by atoms with E-state index < -0.39 is 15.8 Å². The molecule has 0 saturated carbocycles. The van der Waals surface area contributed by atoms with Crippen molar-refractivity contribution in [1.29, 1.82) is 0 Å². The zero-order valence-corrected chi connectivity index (χ0v) is 19.9. The van der Waals surface area contributed by atoms with Gasteiger partial charge in [-0.3, -0.25) is 4.79 Å². The number of carbonyl (C=O) groups excluding carboxylic acids is 1. The fourth-order valence-electron chi connectivity index (χ4n) is 4.27. The number of aryl methyl sites for hydroxylation is 1. The van der Waals surface area contributed by atoms with Gasteiger partial charge in [0.2, 0.25) is 10.0 Å². The van der Waals surface area contributed by atoms with Gasteiger partial charge in [-0.2, -0.15) is 9.40 Å². The third kappa shape index (κ3) is 4.30. The molecule has 1 amide bonds. The summed E-state index contributed by atoms with van der Waals surface area (Å²) in [6.45, 7) is 3.37. The summed E-state index contributed by atoms with van der Waals surface area (Å²) in [7, 11) is -3.76. The van der Waals surface area contributed by atoms with E-state index in [-0.39, 0.29) is 37.0 Å². The van der Waals surface area contributed by atoms with Crippen LogP contribution < -0.4 is 0 Å². The van der Waals surface area contributed by atoms with Crippen LogP contribution in [0, 0.1) is 5.82 Å². The minimum atomic E-state index is -3.76. The van der Waals surface area contributed by atoms with Crippen molar-refractivity contribution in [1.82, 2.24) is 24.0 Å². The van der Waals surface area contributed by atoms with Gasteiger partial charge in [-0.15, -0.1) is 0 Å². The first kappa shape index (κ1) is 23.1. The van der Waals surface area contributed by atoms with Gasteiger partial charge in [0, 0.05) is 38.3 Å². The predicted molar refractivity (Wildman–Crippen MR) is 130 cm³/mol. The molecule has 1 fully saturated rings. The summed E-state index contributed by atoms with van der Waals surface area (Å²) in [4.78, 5) is 20.1. The van der Waals surface area contributed by atoms with Crippen LogP contribution in [0.1, 0.15) is 17.3 Å². The maximum absolute atomic E-state index is 13.6. The largest absolute Gasteiger partial charge is 0.336 e. The van der Waals surface area contributed by atoms with Crippen molar-refractivity contribution in [3.05, 3.63) is 78.2 Å². The molecule has 0 radical (unpaired) electrons. The zero-order valence-electron chi connectivity index (χ0n) is 19.1. The van der Waals surface area contributed by atoms with Crippen LogP contribution in [0.3, 0.4) is 0 Å². The molecule has 4 aromatic rings. The topological polar surface area (TPSA) is 88.4 Å². The molecule has 2 aromatic carbocycles. The summed E-state index contributed by atoms with van der Waals surface area (Å²) in [5.74, 6) is -0.687. The Labute approximate surface area is 202 Å². The van der Waals surface area contributed by atoms with Crippen molar-refractivity contribution < 1.29 is 17.6 Å². The molecule has 1 aliphatic rings. The lowest BCUT2D eigenvalue weighted by molar-refractivity contribution is 0.0700. The van der Waals surface area contributed by atoms with Gasteiger partial charge in [0.15, 0.2) is 5.65 Å². The highest BCUT2D eigenvalue weighted by atomic mass is 32.2. The number of piperazine rings is 1. The van der Waals surface area contributed by atoms with E-state index in [1.807, 2.05) is 37.3 Å². The predicted octanol–water partition coefficient (Wildman–Crippen LogP) is 3.40. The Bertz CT molecular complexity index is 1480. The van der Waals surface area contributed by atoms with Crippen LogP contribution in [0.2, 0.25) is 0 Å². The standard InChI is InChI=1S/C25H24FN5O3S/c1-2-31-24-22(17-27-31)21(16-23(28-24)18-6-4-3-5-7-18)25(32)29-12-14-30(15-13-29)35(33,34)20-10-8-19(26)9-11-20/h3-11,16-17H,2,12-15H2,1H3. The quantitative estimate of drug-likeness (QED) is 0.425. The second kappa shape index (κ2) is 9.20. The first-order valence-corrected chi connectivity index (χ1v) is 12.8. The Morgan fingerprint density at radius 2 is 1.69 bits per heavy atom. The Morgan fingerprint density at radius 3 is 2.34 bits per heavy atom. The van der Waals surface area contributed by atoms with Gasteiger partial charge in [-0.1, -0.05) is 30.3 Å². The minimum absolute atomic E-state index is 0.0361. The summed E-state index contributed by atoms with van der Waals surface area (Å²) in [6, 6.07) is 16.2. The number of rotatable bonds is 5. The number of hydrogen-bond acceptors (Lipinski definition) is 5. The Balaban J connectivity index is 1.42. The molecule has 8 nitrogen and oxygen atoms in total. The van der Waals surface area contributed by atoms with Crippen LogP contribution in [0.15, 0.2) is 71.8 Å². The van der Waals surface area contributed by atoms with Crippen molar-refractivity contribution in [2.24, 2.45) is 0 Å². The first-order valence-electron chi connectivity index (χ1n) is 11.4. The Kier molecular flexibility index (Phi) is 6.08. The number of hydrogen-bond donors (Lipinski definition) is 0. The van der Waals surface area contributed by atoms with E-state index in [0.717, 1.165) is 17.7 Å². The normalized spacial score (nSPS) is 15.0. The second-order valence-electron chi connectivity index (χ2n) is 8.27. The third-order valence-electron chi connectivity index (χ3n) is 6.19. The summed E-state index contributed by atoms with van der Waals surface area (Å²) >= 11 is 0. The van der Waals surface area contributed by atoms with E-state index in [1.165, 1.54) is 16.4 Å². The highest BCUT2D eigenvalue weighted by Crippen LogP contribution is 2.27. The average Bonchev–Trinajstić information content (AvgIpc) is 3.32.